The summed E-state index contributed by atoms with van der Waals surface area (Å²) in [5.74, 6) is 0.343. The van der Waals surface area contributed by atoms with Gasteiger partial charge in [-0.05, 0) is 26.2 Å². The van der Waals surface area contributed by atoms with Crippen molar-refractivity contribution in [2.75, 3.05) is 13.2 Å². The first-order chi connectivity index (χ1) is 5.76. The van der Waals surface area contributed by atoms with Gasteiger partial charge < -0.3 is 4.74 Å². The SMILES string of the molecule is CC(=O)C1(C2=CCOCC2)CC1. The molecule has 2 nitrogen and oxygen atoms in total. The van der Waals surface area contributed by atoms with E-state index in [0.29, 0.717) is 12.4 Å². The van der Waals surface area contributed by atoms with Crippen LogP contribution >= 0.6 is 0 Å². The molecule has 1 aliphatic carbocycles. The maximum absolute atomic E-state index is 11.3. The second kappa shape index (κ2) is 2.70. The van der Waals surface area contributed by atoms with Crippen molar-refractivity contribution in [3.05, 3.63) is 11.6 Å². The minimum Gasteiger partial charge on any atom is -0.377 e. The summed E-state index contributed by atoms with van der Waals surface area (Å²) in [5, 5.41) is 0. The Balaban J connectivity index is 2.17. The lowest BCUT2D eigenvalue weighted by Crippen LogP contribution is -2.19. The molecule has 0 saturated heterocycles. The zero-order chi connectivity index (χ0) is 8.60. The Bertz CT molecular complexity index is 236. The fourth-order valence-corrected chi connectivity index (χ4v) is 1.99. The highest BCUT2D eigenvalue weighted by molar-refractivity contribution is 5.88. The highest BCUT2D eigenvalue weighted by Crippen LogP contribution is 2.54. The molecule has 0 bridgehead atoms. The predicted octanol–water partition coefficient (Wildman–Crippen LogP) is 1.70. The van der Waals surface area contributed by atoms with Gasteiger partial charge in [-0.1, -0.05) is 11.6 Å². The number of carbonyl (C=O) groups is 1. The molecule has 1 heterocycles. The third-order valence-corrected chi connectivity index (χ3v) is 3.00. The predicted molar refractivity (Wildman–Crippen MR) is 45.9 cm³/mol. The number of ketones is 1. The summed E-state index contributed by atoms with van der Waals surface area (Å²) in [4.78, 5) is 11.3. The molecule has 2 aliphatic rings. The average Bonchev–Trinajstić information content (AvgIpc) is 2.86. The fourth-order valence-electron chi connectivity index (χ4n) is 1.99. The van der Waals surface area contributed by atoms with Crippen LogP contribution in [0.2, 0.25) is 0 Å². The zero-order valence-corrected chi connectivity index (χ0v) is 7.43. The molecule has 0 unspecified atom stereocenters. The summed E-state index contributed by atoms with van der Waals surface area (Å²) in [5.41, 5.74) is 1.30. The van der Waals surface area contributed by atoms with Crippen molar-refractivity contribution in [2.45, 2.75) is 26.2 Å². The van der Waals surface area contributed by atoms with Crippen LogP contribution in [0.5, 0.6) is 0 Å². The number of Topliss-reactive ketones (excluding diaryl/α,β-unsaturated/α-hetero) is 1. The summed E-state index contributed by atoms with van der Waals surface area (Å²) < 4.78 is 5.21. The van der Waals surface area contributed by atoms with Gasteiger partial charge in [0.15, 0.2) is 0 Å². The molecule has 66 valence electrons. The number of ether oxygens (including phenoxy) is 1. The third-order valence-electron chi connectivity index (χ3n) is 3.00. The Morgan fingerprint density at radius 3 is 2.75 bits per heavy atom. The lowest BCUT2D eigenvalue weighted by molar-refractivity contribution is -0.120. The van der Waals surface area contributed by atoms with Gasteiger partial charge in [-0.15, -0.1) is 0 Å². The van der Waals surface area contributed by atoms with Crippen molar-refractivity contribution < 1.29 is 9.53 Å². The minimum absolute atomic E-state index is 0.0379. The fraction of sp³-hybridized carbons (Fsp3) is 0.700. The van der Waals surface area contributed by atoms with Gasteiger partial charge in [-0.3, -0.25) is 4.79 Å². The Morgan fingerprint density at radius 1 is 1.58 bits per heavy atom. The van der Waals surface area contributed by atoms with E-state index in [9.17, 15) is 4.79 Å². The number of hydrogen-bond acceptors (Lipinski definition) is 2. The molecule has 12 heavy (non-hydrogen) atoms. The lowest BCUT2D eigenvalue weighted by atomic mass is 9.89. The molecule has 0 radical (unpaired) electrons. The van der Waals surface area contributed by atoms with E-state index in [1.54, 1.807) is 6.92 Å². The van der Waals surface area contributed by atoms with E-state index in [1.807, 2.05) is 0 Å². The second-order valence-electron chi connectivity index (χ2n) is 3.69. The summed E-state index contributed by atoms with van der Waals surface area (Å²) in [6, 6.07) is 0. The van der Waals surface area contributed by atoms with Crippen LogP contribution in [-0.2, 0) is 9.53 Å². The molecule has 0 aromatic heterocycles. The Hall–Kier alpha value is -0.630. The molecule has 0 spiro atoms. The van der Waals surface area contributed by atoms with E-state index in [2.05, 4.69) is 6.08 Å². The van der Waals surface area contributed by atoms with Crippen molar-refractivity contribution in [1.29, 1.82) is 0 Å². The van der Waals surface area contributed by atoms with Crippen molar-refractivity contribution in [3.63, 3.8) is 0 Å². The Kier molecular flexibility index (Phi) is 1.80. The number of carbonyl (C=O) groups excluding carboxylic acids is 1. The van der Waals surface area contributed by atoms with Gasteiger partial charge in [-0.2, -0.15) is 0 Å². The molecule has 0 N–H and O–H groups in total. The van der Waals surface area contributed by atoms with Gasteiger partial charge in [0, 0.05) is 5.41 Å². The third kappa shape index (κ3) is 1.11. The van der Waals surface area contributed by atoms with E-state index >= 15 is 0 Å². The standard InChI is InChI=1S/C10H14O2/c1-8(11)10(4-5-10)9-2-6-12-7-3-9/h2H,3-7H2,1H3. The van der Waals surface area contributed by atoms with Gasteiger partial charge in [0.25, 0.3) is 0 Å². The van der Waals surface area contributed by atoms with Crippen LogP contribution in [0, 0.1) is 5.41 Å². The number of hydrogen-bond donors (Lipinski definition) is 0. The van der Waals surface area contributed by atoms with E-state index in [0.717, 1.165) is 25.9 Å². The lowest BCUT2D eigenvalue weighted by Gasteiger charge is -2.20. The number of rotatable bonds is 2. The average molecular weight is 166 g/mol. The highest BCUT2D eigenvalue weighted by Gasteiger charge is 2.49. The Labute approximate surface area is 72.6 Å². The van der Waals surface area contributed by atoms with Crippen LogP contribution in [0.1, 0.15) is 26.2 Å². The molecule has 0 aromatic carbocycles. The topological polar surface area (TPSA) is 26.3 Å². The first kappa shape index (κ1) is 7.99. The zero-order valence-electron chi connectivity index (χ0n) is 7.43. The molecule has 1 saturated carbocycles. The van der Waals surface area contributed by atoms with Crippen LogP contribution in [0.3, 0.4) is 0 Å². The van der Waals surface area contributed by atoms with Crippen molar-refractivity contribution in [1.82, 2.24) is 0 Å². The molecule has 1 aliphatic heterocycles. The maximum atomic E-state index is 11.3. The van der Waals surface area contributed by atoms with Crippen LogP contribution in [0.4, 0.5) is 0 Å². The normalized spacial score (nSPS) is 26.2. The molecule has 2 heteroatoms. The van der Waals surface area contributed by atoms with Gasteiger partial charge in [0.2, 0.25) is 0 Å². The summed E-state index contributed by atoms with van der Waals surface area (Å²) in [6.45, 7) is 3.20. The van der Waals surface area contributed by atoms with Crippen LogP contribution in [0.25, 0.3) is 0 Å². The van der Waals surface area contributed by atoms with Crippen molar-refractivity contribution in [2.24, 2.45) is 5.41 Å². The maximum Gasteiger partial charge on any atom is 0.139 e. The smallest absolute Gasteiger partial charge is 0.139 e. The molecular weight excluding hydrogens is 152 g/mol. The van der Waals surface area contributed by atoms with E-state index in [1.165, 1.54) is 5.57 Å². The first-order valence-corrected chi connectivity index (χ1v) is 4.54. The van der Waals surface area contributed by atoms with Gasteiger partial charge in [0.1, 0.15) is 5.78 Å². The summed E-state index contributed by atoms with van der Waals surface area (Å²) in [6.07, 6.45) is 5.18. The van der Waals surface area contributed by atoms with Crippen molar-refractivity contribution >= 4 is 5.78 Å². The minimum atomic E-state index is -0.0379. The largest absolute Gasteiger partial charge is 0.377 e. The van der Waals surface area contributed by atoms with Crippen LogP contribution < -0.4 is 0 Å². The molecule has 0 atom stereocenters. The Morgan fingerprint density at radius 2 is 2.33 bits per heavy atom. The van der Waals surface area contributed by atoms with Gasteiger partial charge in [0.05, 0.1) is 13.2 Å². The summed E-state index contributed by atoms with van der Waals surface area (Å²) in [7, 11) is 0. The molecular formula is C10H14O2. The van der Waals surface area contributed by atoms with Crippen LogP contribution in [0.15, 0.2) is 11.6 Å². The van der Waals surface area contributed by atoms with E-state index in [-0.39, 0.29) is 5.41 Å². The first-order valence-electron chi connectivity index (χ1n) is 4.54. The van der Waals surface area contributed by atoms with Crippen molar-refractivity contribution in [3.8, 4) is 0 Å². The van der Waals surface area contributed by atoms with Gasteiger partial charge in [-0.25, -0.2) is 0 Å². The highest BCUT2D eigenvalue weighted by atomic mass is 16.5. The molecule has 2 rings (SSSR count). The van der Waals surface area contributed by atoms with E-state index in [4.69, 9.17) is 4.74 Å². The van der Waals surface area contributed by atoms with E-state index < -0.39 is 0 Å². The van der Waals surface area contributed by atoms with Gasteiger partial charge >= 0.3 is 0 Å². The summed E-state index contributed by atoms with van der Waals surface area (Å²) >= 11 is 0. The molecule has 1 fully saturated rings. The second-order valence-corrected chi connectivity index (χ2v) is 3.69. The quantitative estimate of drug-likeness (QED) is 0.584. The van der Waals surface area contributed by atoms with Crippen LogP contribution in [-0.4, -0.2) is 19.0 Å². The monoisotopic (exact) mass is 166 g/mol. The molecule has 0 amide bonds. The molecule has 0 aromatic rings.